The van der Waals surface area contributed by atoms with Crippen molar-refractivity contribution in [2.24, 2.45) is 0 Å². The van der Waals surface area contributed by atoms with E-state index in [1.54, 1.807) is 13.4 Å². The molecule has 0 saturated heterocycles. The van der Waals surface area contributed by atoms with Gasteiger partial charge in [0, 0.05) is 11.1 Å². The maximum absolute atomic E-state index is 6.15. The molecule has 0 aliphatic carbocycles. The van der Waals surface area contributed by atoms with Gasteiger partial charge in [0.25, 0.3) is 0 Å². The lowest BCUT2D eigenvalue weighted by atomic mass is 9.98. The Morgan fingerprint density at radius 2 is 2.10 bits per heavy atom. The molecule has 0 aliphatic rings. The van der Waals surface area contributed by atoms with Gasteiger partial charge in [-0.25, -0.2) is 0 Å². The van der Waals surface area contributed by atoms with E-state index in [4.69, 9.17) is 20.8 Å². The number of methoxy groups -OCH3 is 1. The molecule has 0 bridgehead atoms. The van der Waals surface area contributed by atoms with E-state index in [0.717, 1.165) is 29.8 Å². The van der Waals surface area contributed by atoms with Gasteiger partial charge in [0.1, 0.15) is 5.75 Å². The monoisotopic (exact) mass is 293 g/mol. The predicted octanol–water partition coefficient (Wildman–Crippen LogP) is 4.34. The first-order chi connectivity index (χ1) is 9.67. The number of halogens is 1. The van der Waals surface area contributed by atoms with Crippen LogP contribution < -0.4 is 10.1 Å². The van der Waals surface area contributed by atoms with Crippen molar-refractivity contribution in [3.8, 4) is 5.75 Å². The third-order valence-corrected chi connectivity index (χ3v) is 3.56. The molecule has 4 heteroatoms. The highest BCUT2D eigenvalue weighted by atomic mass is 35.5. The summed E-state index contributed by atoms with van der Waals surface area (Å²) in [5.41, 5.74) is 3.19. The molecule has 0 spiro atoms. The maximum Gasteiger partial charge on any atom is 0.198 e. The molecule has 1 aromatic heterocycles. The SMILES string of the molecule is CCCNC(c1cc(C)ccc1OC)c1ccoc1Cl. The summed E-state index contributed by atoms with van der Waals surface area (Å²) in [5, 5.41) is 3.93. The second-order valence-corrected chi connectivity index (χ2v) is 5.13. The molecule has 1 unspecified atom stereocenters. The fourth-order valence-corrected chi connectivity index (χ4v) is 2.49. The number of ether oxygens (including phenoxy) is 1. The zero-order chi connectivity index (χ0) is 14.5. The lowest BCUT2D eigenvalue weighted by Crippen LogP contribution is -2.23. The molecule has 1 N–H and O–H groups in total. The molecule has 0 amide bonds. The van der Waals surface area contributed by atoms with Crippen molar-refractivity contribution in [2.45, 2.75) is 26.3 Å². The second kappa shape index (κ2) is 6.82. The Hall–Kier alpha value is -1.45. The van der Waals surface area contributed by atoms with Crippen molar-refractivity contribution in [2.75, 3.05) is 13.7 Å². The van der Waals surface area contributed by atoms with E-state index < -0.39 is 0 Å². The molecule has 0 radical (unpaired) electrons. The Labute approximate surface area is 124 Å². The lowest BCUT2D eigenvalue weighted by Gasteiger charge is -2.21. The summed E-state index contributed by atoms with van der Waals surface area (Å²) >= 11 is 6.15. The number of furan rings is 1. The smallest absolute Gasteiger partial charge is 0.198 e. The molecule has 0 saturated carbocycles. The topological polar surface area (TPSA) is 34.4 Å². The summed E-state index contributed by atoms with van der Waals surface area (Å²) in [7, 11) is 1.68. The van der Waals surface area contributed by atoms with E-state index in [2.05, 4.69) is 25.2 Å². The van der Waals surface area contributed by atoms with E-state index in [0.29, 0.717) is 5.22 Å². The molecule has 108 valence electrons. The highest BCUT2D eigenvalue weighted by Crippen LogP contribution is 2.34. The first kappa shape index (κ1) is 14.9. The first-order valence-electron chi connectivity index (χ1n) is 6.78. The van der Waals surface area contributed by atoms with Crippen LogP contribution in [0.15, 0.2) is 34.9 Å². The van der Waals surface area contributed by atoms with Crippen molar-refractivity contribution < 1.29 is 9.15 Å². The molecule has 2 rings (SSSR count). The first-order valence-corrected chi connectivity index (χ1v) is 7.16. The van der Waals surface area contributed by atoms with Crippen molar-refractivity contribution in [1.82, 2.24) is 5.32 Å². The summed E-state index contributed by atoms with van der Waals surface area (Å²) in [6.45, 7) is 5.09. The van der Waals surface area contributed by atoms with Crippen LogP contribution in [-0.4, -0.2) is 13.7 Å². The largest absolute Gasteiger partial charge is 0.496 e. The molecule has 20 heavy (non-hydrogen) atoms. The van der Waals surface area contributed by atoms with Crippen LogP contribution in [-0.2, 0) is 0 Å². The second-order valence-electron chi connectivity index (χ2n) is 4.78. The van der Waals surface area contributed by atoms with Crippen LogP contribution in [0, 0.1) is 6.92 Å². The lowest BCUT2D eigenvalue weighted by molar-refractivity contribution is 0.403. The average molecular weight is 294 g/mol. The van der Waals surface area contributed by atoms with Crippen molar-refractivity contribution in [3.05, 3.63) is 52.4 Å². The van der Waals surface area contributed by atoms with Crippen LogP contribution >= 0.6 is 11.6 Å². The van der Waals surface area contributed by atoms with Crippen molar-refractivity contribution in [1.29, 1.82) is 0 Å². The molecule has 1 aromatic carbocycles. The van der Waals surface area contributed by atoms with Gasteiger partial charge in [-0.15, -0.1) is 0 Å². The number of aryl methyl sites for hydroxylation is 1. The van der Waals surface area contributed by atoms with Crippen molar-refractivity contribution >= 4 is 11.6 Å². The Kier molecular flexibility index (Phi) is 5.10. The number of hydrogen-bond acceptors (Lipinski definition) is 3. The standard InChI is InChI=1S/C16H20ClNO2/c1-4-8-18-15(12-7-9-20-16(12)17)13-10-11(2)5-6-14(13)19-3/h5-7,9-10,15,18H,4,8H2,1-3H3. The van der Waals surface area contributed by atoms with Crippen LogP contribution in [0.3, 0.4) is 0 Å². The normalized spacial score (nSPS) is 12.4. The Bertz CT molecular complexity index is 565. The van der Waals surface area contributed by atoms with Gasteiger partial charge < -0.3 is 14.5 Å². The van der Waals surface area contributed by atoms with E-state index in [-0.39, 0.29) is 6.04 Å². The zero-order valence-corrected chi connectivity index (χ0v) is 12.8. The third-order valence-electron chi connectivity index (χ3n) is 3.25. The van der Waals surface area contributed by atoms with E-state index in [9.17, 15) is 0 Å². The van der Waals surface area contributed by atoms with Gasteiger partial charge in [0.05, 0.1) is 19.4 Å². The van der Waals surface area contributed by atoms with Gasteiger partial charge in [-0.3, -0.25) is 0 Å². The van der Waals surface area contributed by atoms with Gasteiger partial charge in [0.2, 0.25) is 0 Å². The van der Waals surface area contributed by atoms with Gasteiger partial charge in [0.15, 0.2) is 5.22 Å². The Morgan fingerprint density at radius 3 is 2.70 bits per heavy atom. The van der Waals surface area contributed by atoms with Crippen LogP contribution in [0.1, 0.15) is 36.1 Å². The zero-order valence-electron chi connectivity index (χ0n) is 12.1. The minimum absolute atomic E-state index is 0.0314. The fraction of sp³-hybridized carbons (Fsp3) is 0.375. The van der Waals surface area contributed by atoms with Gasteiger partial charge in [-0.1, -0.05) is 24.6 Å². The molecular formula is C16H20ClNO2. The molecular weight excluding hydrogens is 274 g/mol. The number of hydrogen-bond donors (Lipinski definition) is 1. The minimum Gasteiger partial charge on any atom is -0.496 e. The van der Waals surface area contributed by atoms with Gasteiger partial charge >= 0.3 is 0 Å². The summed E-state index contributed by atoms with van der Waals surface area (Å²) in [6.07, 6.45) is 2.65. The predicted molar refractivity (Wildman–Crippen MR) is 81.6 cm³/mol. The molecule has 0 fully saturated rings. The van der Waals surface area contributed by atoms with Crippen LogP contribution in [0.25, 0.3) is 0 Å². The third kappa shape index (κ3) is 3.17. The van der Waals surface area contributed by atoms with Crippen molar-refractivity contribution in [3.63, 3.8) is 0 Å². The molecule has 1 atom stereocenters. The van der Waals surface area contributed by atoms with Crippen LogP contribution in [0.4, 0.5) is 0 Å². The number of nitrogens with one attached hydrogen (secondary N) is 1. The summed E-state index contributed by atoms with van der Waals surface area (Å²) < 4.78 is 10.7. The van der Waals surface area contributed by atoms with E-state index in [1.165, 1.54) is 5.56 Å². The van der Waals surface area contributed by atoms with Crippen LogP contribution in [0.2, 0.25) is 5.22 Å². The molecule has 0 aliphatic heterocycles. The summed E-state index contributed by atoms with van der Waals surface area (Å²) in [5.74, 6) is 0.849. The van der Waals surface area contributed by atoms with Crippen LogP contribution in [0.5, 0.6) is 5.75 Å². The maximum atomic E-state index is 6.15. The number of benzene rings is 1. The number of rotatable bonds is 6. The average Bonchev–Trinajstić information content (AvgIpc) is 2.86. The van der Waals surface area contributed by atoms with Gasteiger partial charge in [-0.2, -0.15) is 0 Å². The van der Waals surface area contributed by atoms with Gasteiger partial charge in [-0.05, 0) is 43.6 Å². The molecule has 2 aromatic rings. The highest BCUT2D eigenvalue weighted by molar-refractivity contribution is 6.29. The van der Waals surface area contributed by atoms with E-state index >= 15 is 0 Å². The Balaban J connectivity index is 2.46. The molecule has 3 nitrogen and oxygen atoms in total. The quantitative estimate of drug-likeness (QED) is 0.860. The Morgan fingerprint density at radius 1 is 1.30 bits per heavy atom. The van der Waals surface area contributed by atoms with E-state index in [1.807, 2.05) is 18.2 Å². The summed E-state index contributed by atoms with van der Waals surface area (Å²) in [4.78, 5) is 0. The fourth-order valence-electron chi connectivity index (χ4n) is 2.27. The molecule has 1 heterocycles. The summed E-state index contributed by atoms with van der Waals surface area (Å²) in [6, 6.07) is 8.01. The highest BCUT2D eigenvalue weighted by Gasteiger charge is 2.21. The minimum atomic E-state index is -0.0314.